The Hall–Kier alpha value is -1.09. The first-order valence-corrected chi connectivity index (χ1v) is 4.12. The Morgan fingerprint density at radius 2 is 2.50 bits per heavy atom. The summed E-state index contributed by atoms with van der Waals surface area (Å²) < 4.78 is 0.810. The van der Waals surface area contributed by atoms with Crippen LogP contribution in [0.3, 0.4) is 0 Å². The second kappa shape index (κ2) is 4.07. The number of amides is 1. The molecule has 0 fully saturated rings. The van der Waals surface area contributed by atoms with E-state index >= 15 is 0 Å². The summed E-state index contributed by atoms with van der Waals surface area (Å²) in [5.74, 6) is -0.215. The summed E-state index contributed by atoms with van der Waals surface area (Å²) in [6.45, 7) is 3.35. The minimum absolute atomic E-state index is 0.215. The number of rotatable bonds is 2. The Kier molecular flexibility index (Phi) is 3.05. The van der Waals surface area contributed by atoms with Gasteiger partial charge in [0, 0.05) is 10.2 Å². The number of hydrogen-bond acceptors (Lipinski definition) is 1. The predicted octanol–water partition coefficient (Wildman–Crippen LogP) is 2.37. The molecule has 3 heteroatoms. The van der Waals surface area contributed by atoms with Crippen LogP contribution in [0.2, 0.25) is 0 Å². The van der Waals surface area contributed by atoms with E-state index in [1.807, 2.05) is 0 Å². The van der Waals surface area contributed by atoms with Crippen molar-refractivity contribution in [2.75, 3.05) is 5.32 Å². The van der Waals surface area contributed by atoms with Crippen molar-refractivity contribution in [3.63, 3.8) is 0 Å². The molecule has 1 radical (unpaired) electrons. The number of anilines is 1. The van der Waals surface area contributed by atoms with Gasteiger partial charge >= 0.3 is 0 Å². The zero-order valence-electron chi connectivity index (χ0n) is 6.30. The second-order valence-corrected chi connectivity index (χ2v) is 2.97. The highest BCUT2D eigenvalue weighted by molar-refractivity contribution is 9.10. The summed E-state index contributed by atoms with van der Waals surface area (Å²) in [4.78, 5) is 10.8. The largest absolute Gasteiger partial charge is 0.322 e. The molecule has 61 valence electrons. The van der Waals surface area contributed by atoms with Crippen LogP contribution in [0.5, 0.6) is 0 Å². The van der Waals surface area contributed by atoms with Gasteiger partial charge < -0.3 is 5.32 Å². The quantitative estimate of drug-likeness (QED) is 0.769. The molecule has 0 aliphatic carbocycles. The number of halogens is 1. The molecule has 0 saturated heterocycles. The van der Waals surface area contributed by atoms with E-state index < -0.39 is 0 Å². The number of benzene rings is 1. The number of nitrogens with one attached hydrogen (secondary N) is 1. The summed E-state index contributed by atoms with van der Waals surface area (Å²) in [6.07, 6.45) is 1.23. The maximum absolute atomic E-state index is 10.8. The van der Waals surface area contributed by atoms with E-state index in [0.717, 1.165) is 10.2 Å². The van der Waals surface area contributed by atoms with Gasteiger partial charge in [-0.15, -0.1) is 0 Å². The molecule has 0 aliphatic heterocycles. The molecule has 1 aromatic rings. The molecular weight excluding hydrogens is 218 g/mol. The van der Waals surface area contributed by atoms with Gasteiger partial charge in [-0.05, 0) is 24.3 Å². The molecule has 1 rings (SSSR count). The molecule has 1 aromatic carbocycles. The summed E-state index contributed by atoms with van der Waals surface area (Å²) in [7, 11) is 0. The lowest BCUT2D eigenvalue weighted by Crippen LogP contribution is -2.06. The van der Waals surface area contributed by atoms with Gasteiger partial charge in [-0.3, -0.25) is 4.79 Å². The van der Waals surface area contributed by atoms with Gasteiger partial charge in [0.2, 0.25) is 5.91 Å². The second-order valence-electron chi connectivity index (χ2n) is 2.12. The number of carbonyl (C=O) groups is 1. The van der Waals surface area contributed by atoms with Crippen LogP contribution in [0, 0.1) is 6.07 Å². The van der Waals surface area contributed by atoms with Gasteiger partial charge in [0.15, 0.2) is 0 Å². The Morgan fingerprint density at radius 1 is 1.75 bits per heavy atom. The average Bonchev–Trinajstić information content (AvgIpc) is 2.04. The first kappa shape index (κ1) is 9.00. The highest BCUT2D eigenvalue weighted by Gasteiger charge is 1.96. The molecule has 1 N–H and O–H groups in total. The van der Waals surface area contributed by atoms with E-state index in [2.05, 4.69) is 33.9 Å². The maximum atomic E-state index is 10.8. The van der Waals surface area contributed by atoms with Crippen molar-refractivity contribution in [2.24, 2.45) is 0 Å². The molecule has 0 heterocycles. The molecule has 2 nitrogen and oxygen atoms in total. The summed E-state index contributed by atoms with van der Waals surface area (Å²) >= 11 is 3.24. The van der Waals surface area contributed by atoms with Crippen molar-refractivity contribution in [2.45, 2.75) is 0 Å². The Morgan fingerprint density at radius 3 is 3.08 bits per heavy atom. The van der Waals surface area contributed by atoms with Gasteiger partial charge in [0.05, 0.1) is 0 Å². The monoisotopic (exact) mass is 224 g/mol. The molecule has 0 aromatic heterocycles. The SMILES string of the molecule is C=CC(=O)Nc1cc[c]c(Br)c1. The highest BCUT2D eigenvalue weighted by Crippen LogP contribution is 2.14. The van der Waals surface area contributed by atoms with Crippen LogP contribution in [-0.4, -0.2) is 5.91 Å². The van der Waals surface area contributed by atoms with Crippen molar-refractivity contribution >= 4 is 27.5 Å². The van der Waals surface area contributed by atoms with Crippen molar-refractivity contribution in [1.82, 2.24) is 0 Å². The Bertz CT molecular complexity index is 309. The zero-order valence-corrected chi connectivity index (χ0v) is 7.89. The summed E-state index contributed by atoms with van der Waals surface area (Å²) in [5, 5.41) is 2.63. The van der Waals surface area contributed by atoms with Gasteiger partial charge in [-0.25, -0.2) is 0 Å². The van der Waals surface area contributed by atoms with Crippen LogP contribution in [0.25, 0.3) is 0 Å². The lowest BCUT2D eigenvalue weighted by Gasteiger charge is -2.00. The molecule has 12 heavy (non-hydrogen) atoms. The third kappa shape index (κ3) is 2.51. The van der Waals surface area contributed by atoms with E-state index in [4.69, 9.17) is 0 Å². The van der Waals surface area contributed by atoms with Crippen LogP contribution in [-0.2, 0) is 4.79 Å². The van der Waals surface area contributed by atoms with E-state index in [1.54, 1.807) is 18.2 Å². The Balaban J connectivity index is 2.76. The molecular formula is C9H7BrNO. The molecule has 0 saturated carbocycles. The van der Waals surface area contributed by atoms with Crippen LogP contribution >= 0.6 is 15.9 Å². The smallest absolute Gasteiger partial charge is 0.247 e. The molecule has 0 bridgehead atoms. The van der Waals surface area contributed by atoms with Crippen molar-refractivity contribution in [3.8, 4) is 0 Å². The van der Waals surface area contributed by atoms with E-state index in [-0.39, 0.29) is 5.91 Å². The third-order valence-corrected chi connectivity index (χ3v) is 1.68. The first-order valence-electron chi connectivity index (χ1n) is 3.33. The fourth-order valence-corrected chi connectivity index (χ4v) is 1.09. The first-order chi connectivity index (χ1) is 5.72. The minimum Gasteiger partial charge on any atom is -0.322 e. The van der Waals surface area contributed by atoms with Crippen LogP contribution in [0.1, 0.15) is 0 Å². The molecule has 0 spiro atoms. The van der Waals surface area contributed by atoms with Crippen molar-refractivity contribution in [3.05, 3.63) is 41.4 Å². The maximum Gasteiger partial charge on any atom is 0.247 e. The van der Waals surface area contributed by atoms with Gasteiger partial charge in [-0.2, -0.15) is 0 Å². The van der Waals surface area contributed by atoms with E-state index in [9.17, 15) is 4.79 Å². The van der Waals surface area contributed by atoms with Gasteiger partial charge in [0.1, 0.15) is 0 Å². The van der Waals surface area contributed by atoms with Crippen molar-refractivity contribution < 1.29 is 4.79 Å². The van der Waals surface area contributed by atoms with E-state index in [1.165, 1.54) is 6.08 Å². The molecule has 0 aliphatic rings. The lowest BCUT2D eigenvalue weighted by molar-refractivity contribution is -0.111. The van der Waals surface area contributed by atoms with Crippen LogP contribution in [0.15, 0.2) is 35.3 Å². The standard InChI is InChI=1S/C9H7BrNO/c1-2-9(12)11-8-5-3-4-7(10)6-8/h2-3,5-6H,1H2,(H,11,12). The van der Waals surface area contributed by atoms with Gasteiger partial charge in [-0.1, -0.05) is 28.6 Å². The predicted molar refractivity (Wildman–Crippen MR) is 51.8 cm³/mol. The third-order valence-electron chi connectivity index (χ3n) is 1.22. The molecule has 0 unspecified atom stereocenters. The van der Waals surface area contributed by atoms with Crippen LogP contribution in [0.4, 0.5) is 5.69 Å². The average molecular weight is 225 g/mol. The summed E-state index contributed by atoms with van der Waals surface area (Å²) in [5.41, 5.74) is 0.727. The normalized spacial score (nSPS) is 9.08. The molecule has 1 amide bonds. The summed E-state index contributed by atoms with van der Waals surface area (Å²) in [6, 6.07) is 8.15. The fraction of sp³-hybridized carbons (Fsp3) is 0. The number of hydrogen-bond donors (Lipinski definition) is 1. The van der Waals surface area contributed by atoms with Crippen LogP contribution < -0.4 is 5.32 Å². The molecule has 0 atom stereocenters. The van der Waals surface area contributed by atoms with Gasteiger partial charge in [0.25, 0.3) is 0 Å². The topological polar surface area (TPSA) is 29.1 Å². The lowest BCUT2D eigenvalue weighted by atomic mass is 10.3. The minimum atomic E-state index is -0.215. The van der Waals surface area contributed by atoms with Crippen molar-refractivity contribution in [1.29, 1.82) is 0 Å². The highest BCUT2D eigenvalue weighted by atomic mass is 79.9. The zero-order chi connectivity index (χ0) is 8.97. The van der Waals surface area contributed by atoms with E-state index in [0.29, 0.717) is 0 Å². The Labute approximate surface area is 79.4 Å². The number of carbonyl (C=O) groups excluding carboxylic acids is 1. The fourth-order valence-electron chi connectivity index (χ4n) is 0.708.